The van der Waals surface area contributed by atoms with E-state index in [9.17, 15) is 4.79 Å². The molecule has 2 aliphatic heterocycles. The fourth-order valence-electron chi connectivity index (χ4n) is 4.47. The second-order valence-electron chi connectivity index (χ2n) is 8.41. The summed E-state index contributed by atoms with van der Waals surface area (Å²) in [5.41, 5.74) is 3.98. The molecule has 1 aliphatic carbocycles. The lowest BCUT2D eigenvalue weighted by Gasteiger charge is -2.38. The highest BCUT2D eigenvalue weighted by Gasteiger charge is 2.43. The quantitative estimate of drug-likeness (QED) is 0.724. The number of ketones is 1. The van der Waals surface area contributed by atoms with Crippen LogP contribution in [-0.4, -0.2) is 12.6 Å². The predicted octanol–water partition coefficient (Wildman–Crippen LogP) is 4.89. The highest BCUT2D eigenvalue weighted by molar-refractivity contribution is 6.00. The summed E-state index contributed by atoms with van der Waals surface area (Å²) < 4.78 is 17.4. The van der Waals surface area contributed by atoms with Crippen LogP contribution in [0.25, 0.3) is 0 Å². The fourth-order valence-corrected chi connectivity index (χ4v) is 4.47. The van der Waals surface area contributed by atoms with Gasteiger partial charge in [0.15, 0.2) is 17.3 Å². The number of fused-ring (bicyclic) bond motifs is 2. The first kappa shape index (κ1) is 16.4. The molecular formula is C23H22O4. The van der Waals surface area contributed by atoms with Crippen molar-refractivity contribution >= 4 is 5.78 Å². The van der Waals surface area contributed by atoms with Crippen LogP contribution in [0.15, 0.2) is 47.7 Å². The van der Waals surface area contributed by atoms with E-state index in [2.05, 4.69) is 32.9 Å². The van der Waals surface area contributed by atoms with Gasteiger partial charge in [-0.25, -0.2) is 0 Å². The topological polar surface area (TPSA) is 44.8 Å². The summed E-state index contributed by atoms with van der Waals surface area (Å²) in [6.45, 7) is 6.55. The summed E-state index contributed by atoms with van der Waals surface area (Å²) in [6.07, 6.45) is 1.29. The minimum atomic E-state index is -0.136. The van der Waals surface area contributed by atoms with E-state index in [1.54, 1.807) is 0 Å². The van der Waals surface area contributed by atoms with Crippen LogP contribution in [0.4, 0.5) is 0 Å². The predicted molar refractivity (Wildman–Crippen MR) is 101 cm³/mol. The van der Waals surface area contributed by atoms with Crippen LogP contribution in [0.5, 0.6) is 17.2 Å². The molecule has 5 rings (SSSR count). The standard InChI is InChI=1S/C23H22O4/c1-13-6-4-5-7-14(13)21-15-8-18-19(26-12-25-18)9-17(15)27-20-11-23(2,3)10-16(24)22(20)21/h4-9,21H,10-12H2,1-3H3. The molecule has 2 aromatic rings. The fraction of sp³-hybridized carbons (Fsp3) is 0.348. The van der Waals surface area contributed by atoms with E-state index in [4.69, 9.17) is 14.2 Å². The number of Topliss-reactive ketones (excluding diaryl/α,β-unsaturated/α-hetero) is 1. The van der Waals surface area contributed by atoms with E-state index in [1.165, 1.54) is 0 Å². The smallest absolute Gasteiger partial charge is 0.231 e. The van der Waals surface area contributed by atoms with Crippen LogP contribution < -0.4 is 14.2 Å². The van der Waals surface area contributed by atoms with Crippen molar-refractivity contribution in [2.75, 3.05) is 6.79 Å². The van der Waals surface area contributed by atoms with Crippen LogP contribution in [0.2, 0.25) is 0 Å². The molecule has 0 amide bonds. The molecule has 1 unspecified atom stereocenters. The number of rotatable bonds is 1. The zero-order valence-electron chi connectivity index (χ0n) is 15.8. The third-order valence-corrected chi connectivity index (χ3v) is 5.72. The van der Waals surface area contributed by atoms with Crippen molar-refractivity contribution in [1.82, 2.24) is 0 Å². The maximum Gasteiger partial charge on any atom is 0.231 e. The van der Waals surface area contributed by atoms with Crippen molar-refractivity contribution in [2.45, 2.75) is 39.5 Å². The Morgan fingerprint density at radius 2 is 1.70 bits per heavy atom. The Kier molecular flexibility index (Phi) is 3.42. The van der Waals surface area contributed by atoms with Crippen molar-refractivity contribution in [3.8, 4) is 17.2 Å². The molecule has 0 spiro atoms. The molecule has 4 nitrogen and oxygen atoms in total. The highest BCUT2D eigenvalue weighted by Crippen LogP contribution is 2.53. The molecule has 0 N–H and O–H groups in total. The van der Waals surface area contributed by atoms with Gasteiger partial charge in [0.2, 0.25) is 6.79 Å². The Balaban J connectivity index is 1.76. The second-order valence-corrected chi connectivity index (χ2v) is 8.41. The lowest BCUT2D eigenvalue weighted by atomic mass is 9.69. The first-order valence-corrected chi connectivity index (χ1v) is 9.36. The normalized spacial score (nSPS) is 22.2. The van der Waals surface area contributed by atoms with Gasteiger partial charge in [0.25, 0.3) is 0 Å². The number of ether oxygens (including phenoxy) is 3. The van der Waals surface area contributed by atoms with E-state index in [1.807, 2.05) is 24.3 Å². The van der Waals surface area contributed by atoms with E-state index in [-0.39, 0.29) is 23.9 Å². The van der Waals surface area contributed by atoms with Gasteiger partial charge in [-0.1, -0.05) is 38.1 Å². The first-order chi connectivity index (χ1) is 12.9. The summed E-state index contributed by atoms with van der Waals surface area (Å²) in [5.74, 6) is 3.01. The third-order valence-electron chi connectivity index (χ3n) is 5.72. The lowest BCUT2D eigenvalue weighted by Crippen LogP contribution is -2.33. The molecule has 1 atom stereocenters. The Hall–Kier alpha value is -2.75. The maximum absolute atomic E-state index is 13.2. The minimum absolute atomic E-state index is 0.0972. The number of allylic oxidation sites excluding steroid dienone is 2. The second kappa shape index (κ2) is 5.62. The Labute approximate surface area is 158 Å². The van der Waals surface area contributed by atoms with Crippen molar-refractivity contribution in [3.05, 3.63) is 64.4 Å². The SMILES string of the molecule is Cc1ccccc1C1C2=C(CC(C)(C)CC2=O)Oc2cc3c(cc21)OCO3. The van der Waals surface area contributed by atoms with Crippen LogP contribution in [-0.2, 0) is 4.79 Å². The number of aryl methyl sites for hydroxylation is 1. The molecule has 0 radical (unpaired) electrons. The minimum Gasteiger partial charge on any atom is -0.461 e. The zero-order chi connectivity index (χ0) is 18.8. The summed E-state index contributed by atoms with van der Waals surface area (Å²) in [6, 6.07) is 12.1. The lowest BCUT2D eigenvalue weighted by molar-refractivity contribution is -0.118. The van der Waals surface area contributed by atoms with Gasteiger partial charge in [0.1, 0.15) is 11.5 Å². The summed E-state index contributed by atoms with van der Waals surface area (Å²) in [4.78, 5) is 13.2. The molecule has 0 saturated heterocycles. The highest BCUT2D eigenvalue weighted by atomic mass is 16.7. The molecular weight excluding hydrogens is 340 g/mol. The number of carbonyl (C=O) groups is 1. The number of hydrogen-bond donors (Lipinski definition) is 0. The molecule has 0 saturated carbocycles. The molecule has 2 aromatic carbocycles. The summed E-state index contributed by atoms with van der Waals surface area (Å²) in [5, 5.41) is 0. The van der Waals surface area contributed by atoms with Gasteiger partial charge < -0.3 is 14.2 Å². The van der Waals surface area contributed by atoms with Gasteiger partial charge >= 0.3 is 0 Å². The van der Waals surface area contributed by atoms with E-state index < -0.39 is 0 Å². The maximum atomic E-state index is 13.2. The largest absolute Gasteiger partial charge is 0.461 e. The first-order valence-electron chi connectivity index (χ1n) is 9.36. The molecule has 4 heteroatoms. The monoisotopic (exact) mass is 362 g/mol. The van der Waals surface area contributed by atoms with Crippen molar-refractivity contribution in [1.29, 1.82) is 0 Å². The number of carbonyl (C=O) groups excluding carboxylic acids is 1. The molecule has 2 heterocycles. The van der Waals surface area contributed by atoms with Gasteiger partial charge in [-0.15, -0.1) is 0 Å². The van der Waals surface area contributed by atoms with Gasteiger partial charge in [-0.2, -0.15) is 0 Å². The van der Waals surface area contributed by atoms with Gasteiger partial charge in [-0.05, 0) is 29.5 Å². The Morgan fingerprint density at radius 1 is 0.963 bits per heavy atom. The average molecular weight is 362 g/mol. The molecule has 27 heavy (non-hydrogen) atoms. The van der Waals surface area contributed by atoms with E-state index >= 15 is 0 Å². The van der Waals surface area contributed by atoms with Gasteiger partial charge in [-0.3, -0.25) is 4.79 Å². The zero-order valence-corrected chi connectivity index (χ0v) is 15.8. The summed E-state index contributed by atoms with van der Waals surface area (Å²) in [7, 11) is 0. The van der Waals surface area contributed by atoms with E-state index in [0.29, 0.717) is 17.9 Å². The van der Waals surface area contributed by atoms with Gasteiger partial charge in [0.05, 0.1) is 0 Å². The molecule has 138 valence electrons. The Bertz CT molecular complexity index is 999. The van der Waals surface area contributed by atoms with Crippen LogP contribution in [0.3, 0.4) is 0 Å². The molecule has 3 aliphatic rings. The van der Waals surface area contributed by atoms with E-state index in [0.717, 1.165) is 40.2 Å². The summed E-state index contributed by atoms with van der Waals surface area (Å²) >= 11 is 0. The Morgan fingerprint density at radius 3 is 2.48 bits per heavy atom. The molecule has 0 aromatic heterocycles. The van der Waals surface area contributed by atoms with Crippen LogP contribution >= 0.6 is 0 Å². The van der Waals surface area contributed by atoms with Gasteiger partial charge in [0, 0.05) is 36.0 Å². The third kappa shape index (κ3) is 2.54. The average Bonchev–Trinajstić information content (AvgIpc) is 3.05. The van der Waals surface area contributed by atoms with Crippen molar-refractivity contribution in [3.63, 3.8) is 0 Å². The van der Waals surface area contributed by atoms with Crippen LogP contribution in [0.1, 0.15) is 49.3 Å². The van der Waals surface area contributed by atoms with Crippen molar-refractivity contribution in [2.24, 2.45) is 5.41 Å². The van der Waals surface area contributed by atoms with Crippen LogP contribution in [0, 0.1) is 12.3 Å². The number of hydrogen-bond acceptors (Lipinski definition) is 4. The van der Waals surface area contributed by atoms with Crippen molar-refractivity contribution < 1.29 is 19.0 Å². The molecule has 0 bridgehead atoms. The molecule has 0 fully saturated rings. The number of benzene rings is 2.